The van der Waals surface area contributed by atoms with E-state index in [1.165, 1.54) is 12.1 Å². The number of halogens is 1. The van der Waals surface area contributed by atoms with Crippen molar-refractivity contribution in [3.05, 3.63) is 47.7 Å². The van der Waals surface area contributed by atoms with Gasteiger partial charge in [0.2, 0.25) is 5.88 Å². The van der Waals surface area contributed by atoms with Gasteiger partial charge in [-0.3, -0.25) is 4.98 Å². The topological polar surface area (TPSA) is 47.0 Å². The number of aryl methyl sites for hydroxylation is 1. The van der Waals surface area contributed by atoms with Crippen molar-refractivity contribution in [3.8, 4) is 11.6 Å². The lowest BCUT2D eigenvalue weighted by molar-refractivity contribution is 0.451. The minimum absolute atomic E-state index is 0.279. The van der Waals surface area contributed by atoms with Gasteiger partial charge in [0.05, 0.1) is 11.9 Å². The van der Waals surface area contributed by atoms with E-state index in [0.29, 0.717) is 18.2 Å². The van der Waals surface area contributed by atoms with E-state index >= 15 is 0 Å². The third kappa shape index (κ3) is 3.99. The van der Waals surface area contributed by atoms with Crippen molar-refractivity contribution in [1.82, 2.24) is 15.3 Å². The zero-order chi connectivity index (χ0) is 14.4. The molecule has 0 amide bonds. The van der Waals surface area contributed by atoms with Gasteiger partial charge in [-0.2, -0.15) is 0 Å². The Morgan fingerprint density at radius 3 is 2.90 bits per heavy atom. The zero-order valence-electron chi connectivity index (χ0n) is 11.7. The van der Waals surface area contributed by atoms with Crippen LogP contribution in [0.3, 0.4) is 0 Å². The second kappa shape index (κ2) is 6.96. The number of nitrogens with one attached hydrogen (secondary N) is 1. The van der Waals surface area contributed by atoms with Crippen LogP contribution in [0.2, 0.25) is 0 Å². The minimum atomic E-state index is -0.279. The monoisotopic (exact) mass is 275 g/mol. The molecule has 20 heavy (non-hydrogen) atoms. The number of benzene rings is 1. The molecule has 4 nitrogen and oxygen atoms in total. The van der Waals surface area contributed by atoms with Crippen LogP contribution in [0.5, 0.6) is 11.6 Å². The maximum Gasteiger partial charge on any atom is 0.238 e. The van der Waals surface area contributed by atoms with Gasteiger partial charge in [0.1, 0.15) is 11.6 Å². The lowest BCUT2D eigenvalue weighted by atomic mass is 10.2. The molecular formula is C15H18FN3O. The molecule has 106 valence electrons. The van der Waals surface area contributed by atoms with Crippen molar-refractivity contribution in [2.45, 2.75) is 26.8 Å². The summed E-state index contributed by atoms with van der Waals surface area (Å²) < 4.78 is 18.7. The smallest absolute Gasteiger partial charge is 0.238 e. The summed E-state index contributed by atoms with van der Waals surface area (Å²) in [5, 5.41) is 3.25. The van der Waals surface area contributed by atoms with Crippen molar-refractivity contribution in [2.75, 3.05) is 6.54 Å². The van der Waals surface area contributed by atoms with E-state index in [1.807, 2.05) is 0 Å². The van der Waals surface area contributed by atoms with Crippen LogP contribution in [0, 0.1) is 12.7 Å². The summed E-state index contributed by atoms with van der Waals surface area (Å²) in [6.07, 6.45) is 4.32. The maximum absolute atomic E-state index is 13.0. The number of hydrogen-bond acceptors (Lipinski definition) is 4. The molecule has 5 heteroatoms. The first-order chi connectivity index (χ1) is 9.69. The highest BCUT2D eigenvalue weighted by Gasteiger charge is 2.05. The van der Waals surface area contributed by atoms with Crippen molar-refractivity contribution >= 4 is 0 Å². The maximum atomic E-state index is 13.0. The van der Waals surface area contributed by atoms with E-state index in [9.17, 15) is 4.39 Å². The summed E-state index contributed by atoms with van der Waals surface area (Å²) in [7, 11) is 0. The molecule has 2 aromatic rings. The summed E-state index contributed by atoms with van der Waals surface area (Å²) >= 11 is 0. The summed E-state index contributed by atoms with van der Waals surface area (Å²) in [5.41, 5.74) is 1.54. The van der Waals surface area contributed by atoms with Crippen molar-refractivity contribution < 1.29 is 9.13 Å². The molecule has 2 rings (SSSR count). The van der Waals surface area contributed by atoms with E-state index in [0.717, 1.165) is 24.2 Å². The second-order valence-electron chi connectivity index (χ2n) is 4.54. The van der Waals surface area contributed by atoms with Gasteiger partial charge in [0.25, 0.3) is 0 Å². The van der Waals surface area contributed by atoms with Gasteiger partial charge >= 0.3 is 0 Å². The first-order valence-corrected chi connectivity index (χ1v) is 6.64. The molecule has 0 unspecified atom stereocenters. The number of hydrogen-bond donors (Lipinski definition) is 1. The predicted molar refractivity (Wildman–Crippen MR) is 75.2 cm³/mol. The summed E-state index contributed by atoms with van der Waals surface area (Å²) in [6, 6.07) is 4.38. The molecule has 1 aromatic carbocycles. The lowest BCUT2D eigenvalue weighted by Crippen LogP contribution is -2.15. The van der Waals surface area contributed by atoms with Crippen LogP contribution in [-0.4, -0.2) is 16.5 Å². The second-order valence-corrected chi connectivity index (χ2v) is 4.54. The third-order valence-electron chi connectivity index (χ3n) is 2.75. The average Bonchev–Trinajstić information content (AvgIpc) is 2.43. The predicted octanol–water partition coefficient (Wildman–Crippen LogP) is 3.22. The van der Waals surface area contributed by atoms with E-state index < -0.39 is 0 Å². The Labute approximate surface area is 118 Å². The molecule has 0 radical (unpaired) electrons. The van der Waals surface area contributed by atoms with Crippen LogP contribution in [0.1, 0.15) is 24.6 Å². The van der Waals surface area contributed by atoms with Crippen LogP contribution in [0.4, 0.5) is 4.39 Å². The van der Waals surface area contributed by atoms with Crippen molar-refractivity contribution in [3.63, 3.8) is 0 Å². The van der Waals surface area contributed by atoms with Gasteiger partial charge in [-0.15, -0.1) is 0 Å². The fourth-order valence-corrected chi connectivity index (χ4v) is 1.75. The standard InChI is InChI=1S/C15H18FN3O/c1-3-6-17-8-13-9-18-10-15(19-13)20-14-5-4-12(16)7-11(14)2/h4-5,7,9-10,17H,3,6,8H2,1-2H3. The molecule has 0 spiro atoms. The quantitative estimate of drug-likeness (QED) is 0.822. The van der Waals surface area contributed by atoms with E-state index in [4.69, 9.17) is 4.74 Å². The highest BCUT2D eigenvalue weighted by molar-refractivity contribution is 5.35. The fourth-order valence-electron chi connectivity index (χ4n) is 1.75. The normalized spacial score (nSPS) is 10.6. The highest BCUT2D eigenvalue weighted by atomic mass is 19.1. The summed E-state index contributed by atoms with van der Waals surface area (Å²) in [5.74, 6) is 0.716. The zero-order valence-corrected chi connectivity index (χ0v) is 11.7. The Balaban J connectivity index is 2.07. The first kappa shape index (κ1) is 14.4. The molecule has 0 saturated heterocycles. The van der Waals surface area contributed by atoms with Gasteiger partial charge in [-0.05, 0) is 43.7 Å². The van der Waals surface area contributed by atoms with Gasteiger partial charge in [0.15, 0.2) is 0 Å². The molecular weight excluding hydrogens is 257 g/mol. The molecule has 0 bridgehead atoms. The SMILES string of the molecule is CCCNCc1cncc(Oc2ccc(F)cc2C)n1. The minimum Gasteiger partial charge on any atom is -0.437 e. The lowest BCUT2D eigenvalue weighted by Gasteiger charge is -2.09. The summed E-state index contributed by atoms with van der Waals surface area (Å²) in [6.45, 7) is 5.48. The number of aromatic nitrogens is 2. The molecule has 0 atom stereocenters. The number of ether oxygens (including phenoxy) is 1. The Bertz CT molecular complexity index is 575. The number of rotatable bonds is 6. The molecule has 1 aromatic heterocycles. The highest BCUT2D eigenvalue weighted by Crippen LogP contribution is 2.23. The largest absolute Gasteiger partial charge is 0.437 e. The van der Waals surface area contributed by atoms with Crippen LogP contribution < -0.4 is 10.1 Å². The van der Waals surface area contributed by atoms with Crippen LogP contribution in [0.15, 0.2) is 30.6 Å². The van der Waals surface area contributed by atoms with Crippen molar-refractivity contribution in [1.29, 1.82) is 0 Å². The molecule has 1 heterocycles. The van der Waals surface area contributed by atoms with Crippen molar-refractivity contribution in [2.24, 2.45) is 0 Å². The van der Waals surface area contributed by atoms with Gasteiger partial charge < -0.3 is 10.1 Å². The molecule has 0 saturated carbocycles. The Morgan fingerprint density at radius 2 is 2.15 bits per heavy atom. The Kier molecular flexibility index (Phi) is 5.01. The molecule has 0 fully saturated rings. The Morgan fingerprint density at radius 1 is 1.30 bits per heavy atom. The summed E-state index contributed by atoms with van der Waals surface area (Å²) in [4.78, 5) is 8.47. The fraction of sp³-hybridized carbons (Fsp3) is 0.333. The molecule has 0 aliphatic heterocycles. The Hall–Kier alpha value is -2.01. The molecule has 1 N–H and O–H groups in total. The van der Waals surface area contributed by atoms with Gasteiger partial charge in [-0.25, -0.2) is 9.37 Å². The van der Waals surface area contributed by atoms with E-state index in [-0.39, 0.29) is 5.82 Å². The van der Waals surface area contributed by atoms with Gasteiger partial charge in [0, 0.05) is 12.7 Å². The molecule has 0 aliphatic carbocycles. The van der Waals surface area contributed by atoms with Crippen LogP contribution in [0.25, 0.3) is 0 Å². The van der Waals surface area contributed by atoms with Crippen LogP contribution in [-0.2, 0) is 6.54 Å². The van der Waals surface area contributed by atoms with Crippen LogP contribution >= 0.6 is 0 Å². The van der Waals surface area contributed by atoms with E-state index in [2.05, 4.69) is 22.2 Å². The number of nitrogens with zero attached hydrogens (tertiary/aromatic N) is 2. The first-order valence-electron chi connectivity index (χ1n) is 6.64. The van der Waals surface area contributed by atoms with E-state index in [1.54, 1.807) is 25.4 Å². The van der Waals surface area contributed by atoms with Gasteiger partial charge in [-0.1, -0.05) is 6.92 Å². The average molecular weight is 275 g/mol. The molecule has 0 aliphatic rings. The third-order valence-corrected chi connectivity index (χ3v) is 2.75.